The van der Waals surface area contributed by atoms with Crippen LogP contribution in [0.25, 0.3) is 0 Å². The summed E-state index contributed by atoms with van der Waals surface area (Å²) < 4.78 is 32.3. The molecule has 2 N–H and O–H groups in total. The van der Waals surface area contributed by atoms with Gasteiger partial charge in [-0.05, 0) is 56.2 Å². The number of nitrogens with one attached hydrogen (secondary N) is 2. The zero-order valence-corrected chi connectivity index (χ0v) is 16.0. The lowest BCUT2D eigenvalue weighted by Gasteiger charge is -2.10. The van der Waals surface area contributed by atoms with E-state index in [-0.39, 0.29) is 30.5 Å². The molecule has 140 valence electrons. The molecule has 1 amide bonds. The van der Waals surface area contributed by atoms with Crippen molar-refractivity contribution in [2.45, 2.75) is 25.7 Å². The van der Waals surface area contributed by atoms with E-state index < -0.39 is 10.0 Å². The van der Waals surface area contributed by atoms with Gasteiger partial charge in [0.1, 0.15) is 5.75 Å². The first-order valence-corrected chi connectivity index (χ1v) is 9.79. The SMILES string of the molecule is Cc1ccc(OCC(=O)NCCNS(=O)(=O)c2ccc(C)c(C)c2)cc1. The van der Waals surface area contributed by atoms with Crippen LogP contribution in [0.1, 0.15) is 16.7 Å². The predicted octanol–water partition coefficient (Wildman–Crippen LogP) is 2.09. The van der Waals surface area contributed by atoms with Crippen molar-refractivity contribution < 1.29 is 17.9 Å². The van der Waals surface area contributed by atoms with Crippen molar-refractivity contribution in [1.29, 1.82) is 0 Å². The van der Waals surface area contributed by atoms with Gasteiger partial charge in [-0.15, -0.1) is 0 Å². The second-order valence-electron chi connectivity index (χ2n) is 6.10. The summed E-state index contributed by atoms with van der Waals surface area (Å²) in [7, 11) is -3.59. The van der Waals surface area contributed by atoms with Crippen LogP contribution in [0.15, 0.2) is 47.4 Å². The quantitative estimate of drug-likeness (QED) is 0.691. The number of carbonyl (C=O) groups excluding carboxylic acids is 1. The molecule has 0 saturated heterocycles. The summed E-state index contributed by atoms with van der Waals surface area (Å²) in [6.45, 7) is 5.92. The molecule has 0 aromatic heterocycles. The van der Waals surface area contributed by atoms with Crippen LogP contribution in [0.3, 0.4) is 0 Å². The molecular weight excluding hydrogens is 352 g/mol. The number of benzene rings is 2. The van der Waals surface area contributed by atoms with Gasteiger partial charge in [0, 0.05) is 13.1 Å². The van der Waals surface area contributed by atoms with Crippen LogP contribution >= 0.6 is 0 Å². The first-order valence-electron chi connectivity index (χ1n) is 8.31. The van der Waals surface area contributed by atoms with E-state index in [0.29, 0.717) is 5.75 Å². The van der Waals surface area contributed by atoms with Crippen molar-refractivity contribution in [3.05, 3.63) is 59.2 Å². The summed E-state index contributed by atoms with van der Waals surface area (Å²) in [6, 6.07) is 12.3. The number of rotatable bonds is 8. The summed E-state index contributed by atoms with van der Waals surface area (Å²) in [6.07, 6.45) is 0. The van der Waals surface area contributed by atoms with Gasteiger partial charge in [0.05, 0.1) is 4.90 Å². The Hall–Kier alpha value is -2.38. The van der Waals surface area contributed by atoms with Gasteiger partial charge in [0.25, 0.3) is 5.91 Å². The fourth-order valence-corrected chi connectivity index (χ4v) is 3.30. The van der Waals surface area contributed by atoms with Crippen LogP contribution in [-0.4, -0.2) is 34.0 Å². The van der Waals surface area contributed by atoms with Crippen molar-refractivity contribution >= 4 is 15.9 Å². The van der Waals surface area contributed by atoms with E-state index in [1.807, 2.05) is 32.9 Å². The van der Waals surface area contributed by atoms with Gasteiger partial charge in [-0.2, -0.15) is 0 Å². The number of carbonyl (C=O) groups is 1. The highest BCUT2D eigenvalue weighted by atomic mass is 32.2. The number of sulfonamides is 1. The lowest BCUT2D eigenvalue weighted by molar-refractivity contribution is -0.123. The van der Waals surface area contributed by atoms with Crippen LogP contribution in [0.4, 0.5) is 0 Å². The Labute approximate surface area is 154 Å². The molecule has 0 aliphatic rings. The van der Waals surface area contributed by atoms with E-state index in [1.54, 1.807) is 30.3 Å². The molecule has 6 nitrogen and oxygen atoms in total. The molecule has 0 fully saturated rings. The van der Waals surface area contributed by atoms with Crippen molar-refractivity contribution in [3.63, 3.8) is 0 Å². The third-order valence-electron chi connectivity index (χ3n) is 3.92. The van der Waals surface area contributed by atoms with Gasteiger partial charge in [0.15, 0.2) is 6.61 Å². The Morgan fingerprint density at radius 3 is 2.31 bits per heavy atom. The fraction of sp³-hybridized carbons (Fsp3) is 0.316. The second-order valence-corrected chi connectivity index (χ2v) is 7.86. The van der Waals surface area contributed by atoms with Gasteiger partial charge in [-0.1, -0.05) is 23.8 Å². The zero-order valence-electron chi connectivity index (χ0n) is 15.2. The summed E-state index contributed by atoms with van der Waals surface area (Å²) in [5.74, 6) is 0.303. The highest BCUT2D eigenvalue weighted by Gasteiger charge is 2.14. The Bertz CT molecular complexity index is 862. The summed E-state index contributed by atoms with van der Waals surface area (Å²) in [5, 5.41) is 2.62. The molecule has 0 heterocycles. The van der Waals surface area contributed by atoms with E-state index >= 15 is 0 Å². The first-order chi connectivity index (χ1) is 12.3. The highest BCUT2D eigenvalue weighted by Crippen LogP contribution is 2.14. The van der Waals surface area contributed by atoms with Crippen LogP contribution in [0, 0.1) is 20.8 Å². The summed E-state index contributed by atoms with van der Waals surface area (Å²) >= 11 is 0. The van der Waals surface area contributed by atoms with Gasteiger partial charge >= 0.3 is 0 Å². The molecule has 0 aliphatic heterocycles. The van der Waals surface area contributed by atoms with Crippen LogP contribution in [0.2, 0.25) is 0 Å². The van der Waals surface area contributed by atoms with E-state index in [2.05, 4.69) is 10.0 Å². The monoisotopic (exact) mass is 376 g/mol. The molecule has 0 aliphatic carbocycles. The maximum atomic E-state index is 12.2. The number of ether oxygens (including phenoxy) is 1. The predicted molar refractivity (Wildman–Crippen MR) is 101 cm³/mol. The highest BCUT2D eigenvalue weighted by molar-refractivity contribution is 7.89. The Balaban J connectivity index is 1.74. The Kier molecular flexibility index (Phi) is 6.76. The van der Waals surface area contributed by atoms with Gasteiger partial charge in [-0.25, -0.2) is 13.1 Å². The summed E-state index contributed by atoms with van der Waals surface area (Å²) in [5.41, 5.74) is 3.05. The minimum atomic E-state index is -3.59. The normalized spacial score (nSPS) is 11.2. The van der Waals surface area contributed by atoms with Gasteiger partial charge < -0.3 is 10.1 Å². The van der Waals surface area contributed by atoms with Crippen molar-refractivity contribution in [2.75, 3.05) is 19.7 Å². The molecule has 26 heavy (non-hydrogen) atoms. The third-order valence-corrected chi connectivity index (χ3v) is 5.38. The molecule has 2 rings (SSSR count). The second kappa shape index (κ2) is 8.82. The van der Waals surface area contributed by atoms with Gasteiger partial charge in [0.2, 0.25) is 10.0 Å². The lowest BCUT2D eigenvalue weighted by Crippen LogP contribution is -2.36. The molecule has 0 radical (unpaired) electrons. The minimum Gasteiger partial charge on any atom is -0.484 e. The molecule has 2 aromatic rings. The maximum Gasteiger partial charge on any atom is 0.257 e. The molecule has 0 atom stereocenters. The molecule has 0 spiro atoms. The third kappa shape index (κ3) is 5.86. The molecule has 0 saturated carbocycles. The standard InChI is InChI=1S/C19H24N2O4S/c1-14-4-7-17(8-5-14)25-13-19(22)20-10-11-21-26(23,24)18-9-6-15(2)16(3)12-18/h4-9,12,21H,10-11,13H2,1-3H3,(H,20,22). The van der Waals surface area contributed by atoms with Gasteiger partial charge in [-0.3, -0.25) is 4.79 Å². The number of hydrogen-bond acceptors (Lipinski definition) is 4. The van der Waals surface area contributed by atoms with Crippen LogP contribution in [0.5, 0.6) is 5.75 Å². The zero-order chi connectivity index (χ0) is 19.2. The maximum absolute atomic E-state index is 12.2. The van der Waals surface area contributed by atoms with E-state index in [1.165, 1.54) is 0 Å². The topological polar surface area (TPSA) is 84.5 Å². The lowest BCUT2D eigenvalue weighted by atomic mass is 10.1. The van der Waals surface area contributed by atoms with E-state index in [0.717, 1.165) is 16.7 Å². The summed E-state index contributed by atoms with van der Waals surface area (Å²) in [4.78, 5) is 12.0. The smallest absolute Gasteiger partial charge is 0.257 e. The average Bonchev–Trinajstić information content (AvgIpc) is 2.60. The van der Waals surface area contributed by atoms with E-state index in [9.17, 15) is 13.2 Å². The number of amides is 1. The minimum absolute atomic E-state index is 0.103. The Morgan fingerprint density at radius 2 is 1.65 bits per heavy atom. The van der Waals surface area contributed by atoms with E-state index in [4.69, 9.17) is 4.74 Å². The molecule has 2 aromatic carbocycles. The van der Waals surface area contributed by atoms with Crippen molar-refractivity contribution in [3.8, 4) is 5.75 Å². The van der Waals surface area contributed by atoms with Crippen molar-refractivity contribution in [2.24, 2.45) is 0 Å². The molecule has 0 unspecified atom stereocenters. The number of aryl methyl sites for hydroxylation is 3. The van der Waals surface area contributed by atoms with Crippen molar-refractivity contribution in [1.82, 2.24) is 10.0 Å². The molecule has 7 heteroatoms. The molecular formula is C19H24N2O4S. The average molecular weight is 376 g/mol. The van der Waals surface area contributed by atoms with Crippen LogP contribution < -0.4 is 14.8 Å². The number of hydrogen-bond donors (Lipinski definition) is 2. The van der Waals surface area contributed by atoms with Crippen LogP contribution in [-0.2, 0) is 14.8 Å². The fourth-order valence-electron chi connectivity index (χ4n) is 2.19. The molecule has 0 bridgehead atoms. The largest absolute Gasteiger partial charge is 0.484 e. The Morgan fingerprint density at radius 1 is 0.962 bits per heavy atom. The first kappa shape index (κ1) is 19.9.